The molecule has 1 heterocycles. The van der Waals surface area contributed by atoms with Crippen molar-refractivity contribution in [3.8, 4) is 0 Å². The van der Waals surface area contributed by atoms with Crippen molar-refractivity contribution in [1.82, 2.24) is 9.78 Å². The van der Waals surface area contributed by atoms with Crippen LogP contribution in [0.2, 0.25) is 5.02 Å². The smallest absolute Gasteiger partial charge is 0.0575 e. The molecule has 0 atom stereocenters. The van der Waals surface area contributed by atoms with E-state index in [1.807, 2.05) is 35.1 Å². The molecule has 0 fully saturated rings. The minimum Gasteiger partial charge on any atom is -0.378 e. The number of halogens is 2. The van der Waals surface area contributed by atoms with Crippen molar-refractivity contribution in [3.05, 3.63) is 45.7 Å². The number of aryl methyl sites for hydroxylation is 1. The van der Waals surface area contributed by atoms with E-state index in [0.29, 0.717) is 0 Å². The van der Waals surface area contributed by atoms with E-state index in [-0.39, 0.29) is 0 Å². The van der Waals surface area contributed by atoms with Crippen LogP contribution in [0.5, 0.6) is 0 Å². The Balaban J connectivity index is 2.06. The quantitative estimate of drug-likeness (QED) is 0.886. The lowest BCUT2D eigenvalue weighted by molar-refractivity contribution is 0.578. The van der Waals surface area contributed by atoms with Crippen molar-refractivity contribution in [3.63, 3.8) is 0 Å². The van der Waals surface area contributed by atoms with Crippen LogP contribution < -0.4 is 5.32 Å². The summed E-state index contributed by atoms with van der Waals surface area (Å²) in [5.74, 6) is 0. The number of nitrogens with one attached hydrogen (secondary N) is 1. The van der Waals surface area contributed by atoms with Gasteiger partial charge >= 0.3 is 0 Å². The van der Waals surface area contributed by atoms with Crippen molar-refractivity contribution < 1.29 is 0 Å². The van der Waals surface area contributed by atoms with Crippen LogP contribution in [0, 0.1) is 0 Å². The molecule has 0 aliphatic carbocycles. The summed E-state index contributed by atoms with van der Waals surface area (Å²) in [6, 6.07) is 7.74. The third-order valence-electron chi connectivity index (χ3n) is 2.63. The third kappa shape index (κ3) is 3.27. The second kappa shape index (κ2) is 6.25. The third-order valence-corrected chi connectivity index (χ3v) is 3.55. The SMILES string of the molecule is CCCn1nccc1CNc1cc(Cl)ccc1Br. The second-order valence-corrected chi connectivity index (χ2v) is 5.31. The van der Waals surface area contributed by atoms with Crippen molar-refractivity contribution in [1.29, 1.82) is 0 Å². The molecule has 1 aromatic carbocycles. The molecule has 0 spiro atoms. The van der Waals surface area contributed by atoms with Gasteiger partial charge in [0.2, 0.25) is 0 Å². The Morgan fingerprint density at radius 2 is 2.22 bits per heavy atom. The molecule has 0 saturated heterocycles. The number of nitrogens with zero attached hydrogens (tertiary/aromatic N) is 2. The first-order chi connectivity index (χ1) is 8.70. The molecule has 1 N–H and O–H groups in total. The zero-order valence-corrected chi connectivity index (χ0v) is 12.5. The van der Waals surface area contributed by atoms with Crippen LogP contribution in [0.1, 0.15) is 19.0 Å². The molecular formula is C13H15BrClN3. The van der Waals surface area contributed by atoms with Gasteiger partial charge in [-0.2, -0.15) is 5.10 Å². The highest BCUT2D eigenvalue weighted by Crippen LogP contribution is 2.26. The molecule has 0 aliphatic rings. The maximum Gasteiger partial charge on any atom is 0.0575 e. The first-order valence-corrected chi connectivity index (χ1v) is 7.07. The zero-order valence-electron chi connectivity index (χ0n) is 10.2. The minimum atomic E-state index is 0.725. The van der Waals surface area contributed by atoms with E-state index >= 15 is 0 Å². The lowest BCUT2D eigenvalue weighted by atomic mass is 10.3. The number of benzene rings is 1. The number of aromatic nitrogens is 2. The van der Waals surface area contributed by atoms with Gasteiger partial charge in [-0.3, -0.25) is 4.68 Å². The maximum atomic E-state index is 5.98. The van der Waals surface area contributed by atoms with Crippen LogP contribution in [-0.4, -0.2) is 9.78 Å². The average molecular weight is 329 g/mol. The highest BCUT2D eigenvalue weighted by atomic mass is 79.9. The summed E-state index contributed by atoms with van der Waals surface area (Å²) in [5.41, 5.74) is 2.16. The molecule has 2 rings (SSSR count). The molecule has 0 saturated carbocycles. The molecule has 0 aliphatic heterocycles. The highest BCUT2D eigenvalue weighted by molar-refractivity contribution is 9.10. The van der Waals surface area contributed by atoms with E-state index in [1.165, 1.54) is 5.69 Å². The molecule has 2 aromatic rings. The van der Waals surface area contributed by atoms with E-state index in [4.69, 9.17) is 11.6 Å². The predicted octanol–water partition coefficient (Wildman–Crippen LogP) is 4.32. The van der Waals surface area contributed by atoms with Crippen LogP contribution in [0.3, 0.4) is 0 Å². The molecular weight excluding hydrogens is 314 g/mol. The Bertz CT molecular complexity index is 525. The Morgan fingerprint density at radius 3 is 3.00 bits per heavy atom. The van der Waals surface area contributed by atoms with Crippen molar-refractivity contribution in [2.75, 3.05) is 5.32 Å². The minimum absolute atomic E-state index is 0.725. The van der Waals surface area contributed by atoms with Gasteiger partial charge in [-0.15, -0.1) is 0 Å². The van der Waals surface area contributed by atoms with Gasteiger partial charge < -0.3 is 5.32 Å². The van der Waals surface area contributed by atoms with Gasteiger partial charge in [-0.25, -0.2) is 0 Å². The second-order valence-electron chi connectivity index (χ2n) is 4.02. The lowest BCUT2D eigenvalue weighted by Gasteiger charge is -2.10. The maximum absolute atomic E-state index is 5.98. The molecule has 0 unspecified atom stereocenters. The molecule has 0 bridgehead atoms. The summed E-state index contributed by atoms with van der Waals surface area (Å²) in [4.78, 5) is 0. The fourth-order valence-electron chi connectivity index (χ4n) is 1.74. The van der Waals surface area contributed by atoms with Gasteiger partial charge in [0, 0.05) is 22.2 Å². The summed E-state index contributed by atoms with van der Waals surface area (Å²) in [7, 11) is 0. The van der Waals surface area contributed by atoms with Crippen LogP contribution in [0.4, 0.5) is 5.69 Å². The van der Waals surface area contributed by atoms with Crippen molar-refractivity contribution in [2.45, 2.75) is 26.4 Å². The highest BCUT2D eigenvalue weighted by Gasteiger charge is 2.04. The number of hydrogen-bond donors (Lipinski definition) is 1. The summed E-state index contributed by atoms with van der Waals surface area (Å²) in [6.07, 6.45) is 2.91. The van der Waals surface area contributed by atoms with Crippen LogP contribution >= 0.6 is 27.5 Å². The predicted molar refractivity (Wildman–Crippen MR) is 79.0 cm³/mol. The van der Waals surface area contributed by atoms with E-state index in [1.54, 1.807) is 0 Å². The number of anilines is 1. The van der Waals surface area contributed by atoms with Gasteiger partial charge in [0.1, 0.15) is 0 Å². The molecule has 5 heteroatoms. The number of rotatable bonds is 5. The normalized spacial score (nSPS) is 10.6. The fraction of sp³-hybridized carbons (Fsp3) is 0.308. The van der Waals surface area contributed by atoms with Crippen LogP contribution in [0.25, 0.3) is 0 Å². The van der Waals surface area contributed by atoms with E-state index in [0.717, 1.165) is 34.7 Å². The topological polar surface area (TPSA) is 29.9 Å². The van der Waals surface area contributed by atoms with E-state index in [9.17, 15) is 0 Å². The van der Waals surface area contributed by atoms with Crippen molar-refractivity contribution >= 4 is 33.2 Å². The Kier molecular flexibility index (Phi) is 4.66. The van der Waals surface area contributed by atoms with E-state index in [2.05, 4.69) is 33.3 Å². The largest absolute Gasteiger partial charge is 0.378 e. The van der Waals surface area contributed by atoms with Crippen molar-refractivity contribution in [2.24, 2.45) is 0 Å². The molecule has 18 heavy (non-hydrogen) atoms. The Hall–Kier alpha value is -1.000. The summed E-state index contributed by atoms with van der Waals surface area (Å²) >= 11 is 9.48. The van der Waals surface area contributed by atoms with Gasteiger partial charge in [0.05, 0.1) is 17.9 Å². The van der Waals surface area contributed by atoms with Crippen LogP contribution in [-0.2, 0) is 13.1 Å². The van der Waals surface area contributed by atoms with Gasteiger partial charge in [0.25, 0.3) is 0 Å². The monoisotopic (exact) mass is 327 g/mol. The Morgan fingerprint density at radius 1 is 1.39 bits per heavy atom. The van der Waals surface area contributed by atoms with Gasteiger partial charge in [-0.05, 0) is 46.6 Å². The fourth-order valence-corrected chi connectivity index (χ4v) is 2.30. The molecule has 3 nitrogen and oxygen atoms in total. The van der Waals surface area contributed by atoms with Gasteiger partial charge in [-0.1, -0.05) is 18.5 Å². The summed E-state index contributed by atoms with van der Waals surface area (Å²) < 4.78 is 3.03. The average Bonchev–Trinajstić information content (AvgIpc) is 2.78. The lowest BCUT2D eigenvalue weighted by Crippen LogP contribution is -2.09. The Labute approximate surface area is 120 Å². The molecule has 0 amide bonds. The van der Waals surface area contributed by atoms with E-state index < -0.39 is 0 Å². The molecule has 1 aromatic heterocycles. The standard InChI is InChI=1S/C13H15BrClN3/c1-2-7-18-11(5-6-17-18)9-16-13-8-10(15)3-4-12(13)14/h3-6,8,16H,2,7,9H2,1H3. The summed E-state index contributed by atoms with van der Waals surface area (Å²) in [5, 5.41) is 8.38. The molecule has 96 valence electrons. The first kappa shape index (κ1) is 13.4. The molecule has 0 radical (unpaired) electrons. The number of hydrogen-bond acceptors (Lipinski definition) is 2. The zero-order chi connectivity index (χ0) is 13.0. The van der Waals surface area contributed by atoms with Crippen LogP contribution in [0.15, 0.2) is 34.9 Å². The van der Waals surface area contributed by atoms with Gasteiger partial charge in [0.15, 0.2) is 0 Å². The summed E-state index contributed by atoms with van der Waals surface area (Å²) in [6.45, 7) is 3.83. The first-order valence-electron chi connectivity index (χ1n) is 5.90.